The van der Waals surface area contributed by atoms with Crippen LogP contribution in [-0.4, -0.2) is 62.3 Å². The third kappa shape index (κ3) is 39.3. The molecule has 23 heavy (non-hydrogen) atoms. The van der Waals surface area contributed by atoms with Crippen LogP contribution in [0.25, 0.3) is 16.4 Å². The standard InChI is InChI=1S/C9H21N3.C4H10N.C4H9N.Mo/c1-8(10-3)6-12(5)7-9(2)11-4;2*1-4(2,3)5;/h8-9H,6-7H2,1-5H3;5H,1-3H3;1-3H3;/q-2;-1;;+4. The summed E-state index contributed by atoms with van der Waals surface area (Å²) >= 11 is 1.77. The molecule has 2 unspecified atom stereocenters. The Bertz CT molecular complexity index is 253. The predicted molar refractivity (Wildman–Crippen MR) is 101 cm³/mol. The maximum Gasteiger partial charge on any atom is -0.0135 e. The number of hydrogen-bond donors (Lipinski definition) is 0. The van der Waals surface area contributed by atoms with Crippen LogP contribution < -0.4 is 0 Å². The van der Waals surface area contributed by atoms with Gasteiger partial charge in [-0.05, 0) is 20.1 Å². The summed E-state index contributed by atoms with van der Waals surface area (Å²) in [5.74, 6) is 0. The summed E-state index contributed by atoms with van der Waals surface area (Å²) in [6.45, 7) is 18.1. The van der Waals surface area contributed by atoms with Crippen molar-refractivity contribution in [3.05, 3.63) is 16.4 Å². The van der Waals surface area contributed by atoms with E-state index in [0.717, 1.165) is 13.1 Å². The Labute approximate surface area is 157 Å². The van der Waals surface area contributed by atoms with Crippen LogP contribution in [0.4, 0.5) is 0 Å². The van der Waals surface area contributed by atoms with E-state index in [9.17, 15) is 0 Å². The zero-order valence-electron chi connectivity index (χ0n) is 17.3. The van der Waals surface area contributed by atoms with Crippen molar-refractivity contribution in [1.29, 1.82) is 0 Å². The third-order valence-electron chi connectivity index (χ3n) is 2.31. The van der Waals surface area contributed by atoms with E-state index in [1.807, 2.05) is 34.9 Å². The molecule has 0 saturated heterocycles. The Hall–Kier alpha value is 0.328. The molecule has 0 amide bonds. The molecule has 1 N–H and O–H groups in total. The quantitative estimate of drug-likeness (QED) is 0.565. The molecule has 6 heteroatoms. The molecule has 0 rings (SSSR count). The molecule has 0 aliphatic carbocycles. The summed E-state index contributed by atoms with van der Waals surface area (Å²) in [6, 6.07) is 0.859. The minimum Gasteiger partial charge on any atom is -0.661 e. The molecule has 0 spiro atoms. The van der Waals surface area contributed by atoms with E-state index >= 15 is 0 Å². The smallest absolute Gasteiger partial charge is 0.0135 e. The van der Waals surface area contributed by atoms with Gasteiger partial charge in [-0.15, -0.1) is 17.6 Å². The SMILES string of the molecule is CC(C)(C)[NH-].CC(C)(C)[N]=[Mo+4].C[N-]C(C)CN(C)CC(C)[N-]C. The third-order valence-corrected chi connectivity index (χ3v) is 3.65. The van der Waals surface area contributed by atoms with E-state index in [0.29, 0.717) is 12.1 Å². The fourth-order valence-electron chi connectivity index (χ4n) is 1.14. The molecule has 0 fully saturated rings. The van der Waals surface area contributed by atoms with Crippen molar-refractivity contribution in [2.75, 3.05) is 34.2 Å². The normalized spacial score (nSPS) is 14.2. The van der Waals surface area contributed by atoms with Gasteiger partial charge in [-0.2, -0.15) is 14.1 Å². The second-order valence-electron chi connectivity index (χ2n) is 7.95. The summed E-state index contributed by atoms with van der Waals surface area (Å²) in [6.07, 6.45) is 0. The number of likely N-dealkylation sites (N-methyl/N-ethyl adjacent to an activating group) is 3. The van der Waals surface area contributed by atoms with Gasteiger partial charge < -0.3 is 21.3 Å². The Balaban J connectivity index is -0.000000303. The van der Waals surface area contributed by atoms with Crippen LogP contribution in [0, 0.1) is 0 Å². The van der Waals surface area contributed by atoms with Crippen molar-refractivity contribution in [2.24, 2.45) is 3.50 Å². The van der Waals surface area contributed by atoms with Crippen LogP contribution in [0.1, 0.15) is 55.4 Å². The van der Waals surface area contributed by atoms with Crippen molar-refractivity contribution in [3.63, 3.8) is 0 Å². The van der Waals surface area contributed by atoms with E-state index in [2.05, 4.69) is 60.7 Å². The van der Waals surface area contributed by atoms with Gasteiger partial charge in [0.2, 0.25) is 0 Å². The summed E-state index contributed by atoms with van der Waals surface area (Å²) in [5, 5.41) is 8.38. The van der Waals surface area contributed by atoms with Crippen LogP contribution in [0.5, 0.6) is 0 Å². The molecular weight excluding hydrogens is 370 g/mol. The van der Waals surface area contributed by atoms with E-state index < -0.39 is 0 Å². The van der Waals surface area contributed by atoms with E-state index in [-0.39, 0.29) is 11.1 Å². The fraction of sp³-hybridized carbons (Fsp3) is 1.00. The summed E-state index contributed by atoms with van der Waals surface area (Å²) in [5.41, 5.74) is 6.86. The monoisotopic (exact) mass is 412 g/mol. The first-order valence-electron chi connectivity index (χ1n) is 8.12. The topological polar surface area (TPSA) is 67.6 Å². The molecular formula is C17H40MoN5+. The molecule has 0 aliphatic rings. The van der Waals surface area contributed by atoms with E-state index in [1.54, 1.807) is 19.6 Å². The largest absolute Gasteiger partial charge is 0.661 e. The number of nitrogens with one attached hydrogen (secondary N) is 1. The van der Waals surface area contributed by atoms with Gasteiger partial charge in [0.1, 0.15) is 0 Å². The first-order valence-corrected chi connectivity index (χ1v) is 9.02. The summed E-state index contributed by atoms with van der Waals surface area (Å²) < 4.78 is 4.03. The molecule has 2 atom stereocenters. The Morgan fingerprint density at radius 3 is 1.30 bits per heavy atom. The molecule has 0 bridgehead atoms. The van der Waals surface area contributed by atoms with E-state index in [4.69, 9.17) is 5.73 Å². The molecule has 0 aromatic carbocycles. The molecule has 0 aromatic heterocycles. The van der Waals surface area contributed by atoms with Gasteiger partial charge in [-0.3, -0.25) is 0 Å². The van der Waals surface area contributed by atoms with Crippen molar-refractivity contribution < 1.29 is 19.6 Å². The van der Waals surface area contributed by atoms with Crippen molar-refractivity contribution in [1.82, 2.24) is 4.90 Å². The van der Waals surface area contributed by atoms with Gasteiger partial charge >= 0.3 is 49.4 Å². The minimum absolute atomic E-state index is 0.171. The molecule has 0 aliphatic heterocycles. The molecule has 138 valence electrons. The molecule has 0 radical (unpaired) electrons. The van der Waals surface area contributed by atoms with Gasteiger partial charge in [-0.1, -0.05) is 34.6 Å². The number of hydrogen-bond acceptors (Lipinski definition) is 2. The van der Waals surface area contributed by atoms with E-state index in [1.165, 1.54) is 0 Å². The number of rotatable bonds is 6. The van der Waals surface area contributed by atoms with Crippen molar-refractivity contribution in [2.45, 2.75) is 78.6 Å². The maximum atomic E-state index is 6.94. The Morgan fingerprint density at radius 2 is 1.17 bits per heavy atom. The average molecular weight is 410 g/mol. The van der Waals surface area contributed by atoms with Gasteiger partial charge in [-0.25, -0.2) is 0 Å². The van der Waals surface area contributed by atoms with Crippen molar-refractivity contribution in [3.8, 4) is 0 Å². The van der Waals surface area contributed by atoms with Gasteiger partial charge in [0.05, 0.1) is 0 Å². The predicted octanol–water partition coefficient (Wildman–Crippen LogP) is 5.05. The summed E-state index contributed by atoms with van der Waals surface area (Å²) in [7, 11) is 5.85. The van der Waals surface area contributed by atoms with Crippen molar-refractivity contribution >= 4 is 0 Å². The fourth-order valence-corrected chi connectivity index (χ4v) is 1.14. The maximum absolute atomic E-state index is 6.94. The Kier molecular flexibility index (Phi) is 17.9. The minimum atomic E-state index is -0.250. The van der Waals surface area contributed by atoms with Gasteiger partial charge in [0, 0.05) is 0 Å². The zero-order chi connectivity index (χ0) is 19.3. The zero-order valence-corrected chi connectivity index (χ0v) is 19.3. The first-order chi connectivity index (χ1) is 10.2. The summed E-state index contributed by atoms with van der Waals surface area (Å²) in [4.78, 5) is 2.27. The number of nitrogens with zero attached hydrogens (tertiary/aromatic N) is 4. The van der Waals surface area contributed by atoms with Crippen LogP contribution in [0.3, 0.4) is 0 Å². The first kappa shape index (κ1) is 28.1. The van der Waals surface area contributed by atoms with Crippen LogP contribution in [0.15, 0.2) is 3.50 Å². The molecule has 5 nitrogen and oxygen atoms in total. The Morgan fingerprint density at radius 1 is 0.957 bits per heavy atom. The van der Waals surface area contributed by atoms with Crippen LogP contribution in [0.2, 0.25) is 0 Å². The second kappa shape index (κ2) is 14.7. The second-order valence-corrected chi connectivity index (χ2v) is 8.40. The average Bonchev–Trinajstić information content (AvgIpc) is 2.36. The molecule has 0 heterocycles. The van der Waals surface area contributed by atoms with Gasteiger partial charge in [0.25, 0.3) is 0 Å². The molecule has 0 aromatic rings. The van der Waals surface area contributed by atoms with Crippen LogP contribution >= 0.6 is 0 Å². The molecule has 0 saturated carbocycles. The van der Waals surface area contributed by atoms with Gasteiger partial charge in [0.15, 0.2) is 0 Å². The van der Waals surface area contributed by atoms with Crippen LogP contribution in [-0.2, 0) is 19.6 Å².